The monoisotopic (exact) mass is 231 g/mol. The first-order valence-corrected chi connectivity index (χ1v) is 6.01. The molecule has 5 nitrogen and oxygen atoms in total. The molecule has 5 heteroatoms. The summed E-state index contributed by atoms with van der Waals surface area (Å²) in [6.45, 7) is 8.54. The smallest absolute Gasteiger partial charge is 0.122 e. The van der Waals surface area contributed by atoms with Gasteiger partial charge < -0.3 is 4.98 Å². The highest BCUT2D eigenvalue weighted by atomic mass is 15.6. The van der Waals surface area contributed by atoms with E-state index in [9.17, 15) is 0 Å². The van der Waals surface area contributed by atoms with Gasteiger partial charge in [-0.25, -0.2) is 4.98 Å². The van der Waals surface area contributed by atoms with E-state index in [-0.39, 0.29) is 12.1 Å². The maximum Gasteiger partial charge on any atom is 0.122 e. The SMILES string of the molecule is CC1=c2nc[nH]c2=C(C)C2C1N=NN2C(C)C. The van der Waals surface area contributed by atoms with Crippen molar-refractivity contribution in [1.29, 1.82) is 0 Å². The Hall–Kier alpha value is -1.65. The lowest BCUT2D eigenvalue weighted by Gasteiger charge is -2.31. The van der Waals surface area contributed by atoms with Crippen LogP contribution in [-0.2, 0) is 0 Å². The van der Waals surface area contributed by atoms with E-state index in [1.807, 2.05) is 0 Å². The summed E-state index contributed by atoms with van der Waals surface area (Å²) in [4.78, 5) is 7.62. The zero-order valence-electron chi connectivity index (χ0n) is 10.6. The lowest BCUT2D eigenvalue weighted by molar-refractivity contribution is 0.214. The second-order valence-electron chi connectivity index (χ2n) is 5.06. The van der Waals surface area contributed by atoms with Gasteiger partial charge in [-0.05, 0) is 38.8 Å². The van der Waals surface area contributed by atoms with Crippen molar-refractivity contribution in [3.05, 3.63) is 17.0 Å². The van der Waals surface area contributed by atoms with Gasteiger partial charge in [-0.2, -0.15) is 5.11 Å². The number of hydrogen-bond acceptors (Lipinski definition) is 4. The lowest BCUT2D eigenvalue weighted by atomic mass is 9.90. The molecule has 1 aromatic heterocycles. The minimum atomic E-state index is 0.133. The molecule has 90 valence electrons. The Morgan fingerprint density at radius 1 is 1.29 bits per heavy atom. The molecular formula is C12H17N5. The van der Waals surface area contributed by atoms with Crippen molar-refractivity contribution in [3.63, 3.8) is 0 Å². The summed E-state index contributed by atoms with van der Waals surface area (Å²) in [5.74, 6) is 0. The molecule has 0 saturated heterocycles. The molecule has 1 N–H and O–H groups in total. The van der Waals surface area contributed by atoms with Gasteiger partial charge in [0, 0.05) is 6.04 Å². The number of aromatic nitrogens is 2. The summed E-state index contributed by atoms with van der Waals surface area (Å²) in [5.41, 5.74) is 2.50. The van der Waals surface area contributed by atoms with E-state index in [2.05, 4.69) is 53.0 Å². The van der Waals surface area contributed by atoms with Crippen molar-refractivity contribution in [2.75, 3.05) is 0 Å². The minimum Gasteiger partial charge on any atom is -0.345 e. The molecule has 2 unspecified atom stereocenters. The number of fused-ring (bicyclic) bond motifs is 2. The Bertz CT molecular complexity index is 595. The summed E-state index contributed by atoms with van der Waals surface area (Å²) in [5, 5.41) is 13.0. The van der Waals surface area contributed by atoms with Crippen LogP contribution in [0.3, 0.4) is 0 Å². The maximum absolute atomic E-state index is 4.41. The molecular weight excluding hydrogens is 214 g/mol. The normalized spacial score (nSPS) is 26.8. The highest BCUT2D eigenvalue weighted by molar-refractivity contribution is 5.63. The first-order chi connectivity index (χ1) is 8.11. The van der Waals surface area contributed by atoms with Crippen LogP contribution in [0.15, 0.2) is 16.7 Å². The van der Waals surface area contributed by atoms with Crippen LogP contribution >= 0.6 is 0 Å². The van der Waals surface area contributed by atoms with E-state index in [0.29, 0.717) is 6.04 Å². The Labute approximate surface area is 99.9 Å². The first-order valence-electron chi connectivity index (χ1n) is 6.01. The average Bonchev–Trinajstić information content (AvgIpc) is 2.92. The van der Waals surface area contributed by atoms with Crippen LogP contribution in [0.5, 0.6) is 0 Å². The molecule has 0 amide bonds. The van der Waals surface area contributed by atoms with Crippen LogP contribution < -0.4 is 10.7 Å². The van der Waals surface area contributed by atoms with E-state index in [0.717, 1.165) is 10.7 Å². The van der Waals surface area contributed by atoms with Crippen LogP contribution in [0.25, 0.3) is 11.1 Å². The van der Waals surface area contributed by atoms with E-state index in [1.165, 1.54) is 11.1 Å². The third-order valence-electron chi connectivity index (χ3n) is 3.69. The number of aromatic amines is 1. The fourth-order valence-electron chi connectivity index (χ4n) is 2.74. The number of rotatable bonds is 1. The molecule has 1 aliphatic carbocycles. The highest BCUT2D eigenvalue weighted by Gasteiger charge is 2.39. The van der Waals surface area contributed by atoms with Gasteiger partial charge >= 0.3 is 0 Å². The van der Waals surface area contributed by atoms with Crippen molar-refractivity contribution in [2.24, 2.45) is 10.3 Å². The fraction of sp³-hybridized carbons (Fsp3) is 0.583. The molecule has 0 radical (unpaired) electrons. The van der Waals surface area contributed by atoms with Crippen LogP contribution in [0, 0.1) is 0 Å². The Morgan fingerprint density at radius 3 is 2.76 bits per heavy atom. The molecule has 2 atom stereocenters. The van der Waals surface area contributed by atoms with Crippen molar-refractivity contribution >= 4 is 11.1 Å². The Balaban J connectivity index is 2.24. The van der Waals surface area contributed by atoms with Crippen molar-refractivity contribution in [1.82, 2.24) is 15.0 Å². The summed E-state index contributed by atoms with van der Waals surface area (Å²) in [6, 6.07) is 0.747. The summed E-state index contributed by atoms with van der Waals surface area (Å²) in [6.07, 6.45) is 1.76. The number of nitrogens with zero attached hydrogens (tertiary/aromatic N) is 4. The summed E-state index contributed by atoms with van der Waals surface area (Å²) < 4.78 is 0. The zero-order chi connectivity index (χ0) is 12.2. The number of hydrogen-bond donors (Lipinski definition) is 1. The molecule has 0 bridgehead atoms. The largest absolute Gasteiger partial charge is 0.345 e. The molecule has 17 heavy (non-hydrogen) atoms. The lowest BCUT2D eigenvalue weighted by Crippen LogP contribution is -2.48. The molecule has 0 saturated carbocycles. The van der Waals surface area contributed by atoms with E-state index in [1.54, 1.807) is 6.33 Å². The standard InChI is InChI=1S/C12H17N5/c1-6(2)17-12-8(4)10-9(13-5-14-10)7(3)11(12)15-16-17/h5-6,11-12H,1-4H3,(H,13,14). The molecule has 2 aliphatic rings. The molecule has 1 aromatic rings. The summed E-state index contributed by atoms with van der Waals surface area (Å²) in [7, 11) is 0. The predicted octanol–water partition coefficient (Wildman–Crippen LogP) is 0.593. The molecule has 1 aliphatic heterocycles. The highest BCUT2D eigenvalue weighted by Crippen LogP contribution is 2.31. The van der Waals surface area contributed by atoms with Gasteiger partial charge in [0.1, 0.15) is 12.1 Å². The zero-order valence-corrected chi connectivity index (χ0v) is 10.6. The van der Waals surface area contributed by atoms with Crippen molar-refractivity contribution in [2.45, 2.75) is 45.8 Å². The van der Waals surface area contributed by atoms with Gasteiger partial charge in [-0.3, -0.25) is 5.01 Å². The molecule has 2 heterocycles. The molecule has 0 spiro atoms. The third kappa shape index (κ3) is 1.28. The molecule has 3 rings (SSSR count). The van der Waals surface area contributed by atoms with E-state index in [4.69, 9.17) is 0 Å². The van der Waals surface area contributed by atoms with Crippen molar-refractivity contribution < 1.29 is 0 Å². The molecule has 0 aromatic carbocycles. The van der Waals surface area contributed by atoms with Crippen LogP contribution in [0.4, 0.5) is 0 Å². The Kier molecular flexibility index (Phi) is 2.11. The molecule has 0 fully saturated rings. The second kappa shape index (κ2) is 3.42. The van der Waals surface area contributed by atoms with Crippen LogP contribution in [0.1, 0.15) is 27.7 Å². The van der Waals surface area contributed by atoms with E-state index < -0.39 is 0 Å². The topological polar surface area (TPSA) is 56.6 Å². The second-order valence-corrected chi connectivity index (χ2v) is 5.06. The average molecular weight is 231 g/mol. The van der Waals surface area contributed by atoms with E-state index >= 15 is 0 Å². The van der Waals surface area contributed by atoms with Gasteiger partial charge in [0.05, 0.1) is 17.0 Å². The maximum atomic E-state index is 4.41. The Morgan fingerprint density at radius 2 is 2.06 bits per heavy atom. The number of imidazole rings is 1. The van der Waals surface area contributed by atoms with Crippen LogP contribution in [-0.4, -0.2) is 33.1 Å². The van der Waals surface area contributed by atoms with Crippen molar-refractivity contribution in [3.8, 4) is 0 Å². The number of H-pyrrole nitrogens is 1. The third-order valence-corrected chi connectivity index (χ3v) is 3.69. The number of nitrogens with one attached hydrogen (secondary N) is 1. The van der Waals surface area contributed by atoms with Gasteiger partial charge in [0.15, 0.2) is 0 Å². The minimum absolute atomic E-state index is 0.133. The van der Waals surface area contributed by atoms with Gasteiger partial charge in [0.25, 0.3) is 0 Å². The van der Waals surface area contributed by atoms with Gasteiger partial charge in [0.2, 0.25) is 0 Å². The van der Waals surface area contributed by atoms with Gasteiger partial charge in [-0.1, -0.05) is 5.22 Å². The van der Waals surface area contributed by atoms with Gasteiger partial charge in [-0.15, -0.1) is 0 Å². The quantitative estimate of drug-likeness (QED) is 0.769. The fourth-order valence-corrected chi connectivity index (χ4v) is 2.74. The van der Waals surface area contributed by atoms with Crippen LogP contribution in [0.2, 0.25) is 0 Å². The predicted molar refractivity (Wildman–Crippen MR) is 65.4 cm³/mol. The first kappa shape index (κ1) is 10.5. The summed E-state index contributed by atoms with van der Waals surface area (Å²) >= 11 is 0.